The van der Waals surface area contributed by atoms with Crippen molar-refractivity contribution < 1.29 is 14.3 Å². The number of ether oxygens (including phenoxy) is 1. The maximum Gasteiger partial charge on any atom is 0.309 e. The lowest BCUT2D eigenvalue weighted by atomic mass is 10.1. The SMILES string of the molecule is CC=CC=CC(=O)Nc1cccc(CC(=O)OC)c1. The molecule has 0 atom stereocenters. The van der Waals surface area contributed by atoms with Gasteiger partial charge in [-0.3, -0.25) is 9.59 Å². The maximum absolute atomic E-state index is 11.6. The van der Waals surface area contributed by atoms with Crippen molar-refractivity contribution in [3.8, 4) is 0 Å². The monoisotopic (exact) mass is 259 g/mol. The summed E-state index contributed by atoms with van der Waals surface area (Å²) in [7, 11) is 1.35. The molecule has 4 heteroatoms. The van der Waals surface area contributed by atoms with E-state index >= 15 is 0 Å². The van der Waals surface area contributed by atoms with Crippen LogP contribution in [0.1, 0.15) is 12.5 Å². The molecular formula is C15H17NO3. The summed E-state index contributed by atoms with van der Waals surface area (Å²) in [6.07, 6.45) is 6.89. The molecule has 0 aliphatic heterocycles. The first kappa shape index (κ1) is 14.7. The third-order valence-electron chi connectivity index (χ3n) is 2.32. The van der Waals surface area contributed by atoms with Crippen LogP contribution in [0.4, 0.5) is 5.69 Å². The molecule has 0 aliphatic carbocycles. The second kappa shape index (κ2) is 7.87. The molecule has 0 spiro atoms. The summed E-state index contributed by atoms with van der Waals surface area (Å²) < 4.78 is 4.60. The Balaban J connectivity index is 2.66. The second-order valence-electron chi connectivity index (χ2n) is 3.83. The molecule has 1 aromatic rings. The minimum Gasteiger partial charge on any atom is -0.469 e. The molecule has 1 rings (SSSR count). The highest BCUT2D eigenvalue weighted by atomic mass is 16.5. The second-order valence-corrected chi connectivity index (χ2v) is 3.83. The van der Waals surface area contributed by atoms with Gasteiger partial charge in [0.05, 0.1) is 13.5 Å². The standard InChI is InChI=1S/C15H17NO3/c1-3-4-5-9-14(17)16-13-8-6-7-12(10-13)11-15(18)19-2/h3-10H,11H2,1-2H3,(H,16,17). The summed E-state index contributed by atoms with van der Waals surface area (Å²) in [6, 6.07) is 7.10. The van der Waals surface area contributed by atoms with Gasteiger partial charge in [-0.05, 0) is 24.6 Å². The molecule has 0 bridgehead atoms. The van der Waals surface area contributed by atoms with Crippen LogP contribution in [-0.4, -0.2) is 19.0 Å². The molecule has 0 saturated carbocycles. The van der Waals surface area contributed by atoms with Gasteiger partial charge in [-0.25, -0.2) is 0 Å². The highest BCUT2D eigenvalue weighted by Gasteiger charge is 2.04. The van der Waals surface area contributed by atoms with E-state index in [1.165, 1.54) is 13.2 Å². The van der Waals surface area contributed by atoms with Crippen molar-refractivity contribution in [2.24, 2.45) is 0 Å². The van der Waals surface area contributed by atoms with Crippen LogP contribution in [0.3, 0.4) is 0 Å². The van der Waals surface area contributed by atoms with Crippen molar-refractivity contribution in [1.82, 2.24) is 0 Å². The Kier molecular flexibility index (Phi) is 6.09. The van der Waals surface area contributed by atoms with Gasteiger partial charge in [-0.2, -0.15) is 0 Å². The topological polar surface area (TPSA) is 55.4 Å². The fourth-order valence-corrected chi connectivity index (χ4v) is 1.44. The number of carbonyl (C=O) groups is 2. The number of amides is 1. The van der Waals surface area contributed by atoms with Crippen LogP contribution in [0, 0.1) is 0 Å². The Morgan fingerprint density at radius 2 is 2.11 bits per heavy atom. The van der Waals surface area contributed by atoms with E-state index in [-0.39, 0.29) is 18.3 Å². The number of benzene rings is 1. The van der Waals surface area contributed by atoms with Crippen LogP contribution in [0.15, 0.2) is 48.6 Å². The number of hydrogen-bond acceptors (Lipinski definition) is 3. The smallest absolute Gasteiger partial charge is 0.309 e. The molecule has 100 valence electrons. The van der Waals surface area contributed by atoms with Crippen molar-refractivity contribution in [2.45, 2.75) is 13.3 Å². The lowest BCUT2D eigenvalue weighted by Gasteiger charge is -2.05. The first-order valence-corrected chi connectivity index (χ1v) is 5.92. The number of nitrogens with one attached hydrogen (secondary N) is 1. The van der Waals surface area contributed by atoms with Gasteiger partial charge in [-0.1, -0.05) is 30.4 Å². The lowest BCUT2D eigenvalue weighted by molar-refractivity contribution is -0.139. The number of rotatable bonds is 5. The van der Waals surface area contributed by atoms with Gasteiger partial charge in [0.15, 0.2) is 0 Å². The number of esters is 1. The largest absolute Gasteiger partial charge is 0.469 e. The van der Waals surface area contributed by atoms with Crippen molar-refractivity contribution in [3.05, 3.63) is 54.1 Å². The minimum atomic E-state index is -0.309. The molecule has 0 saturated heterocycles. The summed E-state index contributed by atoms with van der Waals surface area (Å²) in [5.41, 5.74) is 1.44. The zero-order valence-corrected chi connectivity index (χ0v) is 11.1. The van der Waals surface area contributed by atoms with E-state index in [9.17, 15) is 9.59 Å². The van der Waals surface area contributed by atoms with Gasteiger partial charge in [-0.15, -0.1) is 0 Å². The van der Waals surface area contributed by atoms with Gasteiger partial charge in [0, 0.05) is 11.8 Å². The first-order valence-electron chi connectivity index (χ1n) is 5.92. The summed E-state index contributed by atoms with van der Waals surface area (Å²) in [5.74, 6) is -0.523. The molecular weight excluding hydrogens is 242 g/mol. The molecule has 1 amide bonds. The number of methoxy groups -OCH3 is 1. The van der Waals surface area contributed by atoms with E-state index in [1.54, 1.807) is 30.4 Å². The van der Waals surface area contributed by atoms with Crippen molar-refractivity contribution in [2.75, 3.05) is 12.4 Å². The van der Waals surface area contributed by atoms with Crippen LogP contribution in [0.2, 0.25) is 0 Å². The van der Waals surface area contributed by atoms with Crippen LogP contribution in [0.5, 0.6) is 0 Å². The minimum absolute atomic E-state index is 0.189. The average Bonchev–Trinajstić information content (AvgIpc) is 2.39. The Morgan fingerprint density at radius 3 is 2.79 bits per heavy atom. The normalized spacial score (nSPS) is 10.8. The van der Waals surface area contributed by atoms with Gasteiger partial charge < -0.3 is 10.1 Å². The number of carbonyl (C=O) groups excluding carboxylic acids is 2. The summed E-state index contributed by atoms with van der Waals surface area (Å²) in [5, 5.41) is 2.72. The zero-order valence-electron chi connectivity index (χ0n) is 11.1. The van der Waals surface area contributed by atoms with Crippen LogP contribution in [0.25, 0.3) is 0 Å². The molecule has 0 radical (unpaired) electrons. The van der Waals surface area contributed by atoms with Crippen LogP contribution in [-0.2, 0) is 20.7 Å². The third-order valence-corrected chi connectivity index (χ3v) is 2.32. The van der Waals surface area contributed by atoms with E-state index in [2.05, 4.69) is 10.1 Å². The van der Waals surface area contributed by atoms with Gasteiger partial charge in [0.1, 0.15) is 0 Å². The van der Waals surface area contributed by atoms with Gasteiger partial charge >= 0.3 is 5.97 Å². The van der Waals surface area contributed by atoms with E-state index in [4.69, 9.17) is 0 Å². The fourth-order valence-electron chi connectivity index (χ4n) is 1.44. The predicted molar refractivity (Wildman–Crippen MR) is 74.7 cm³/mol. The van der Waals surface area contributed by atoms with E-state index in [1.807, 2.05) is 19.1 Å². The third kappa shape index (κ3) is 5.68. The lowest BCUT2D eigenvalue weighted by Crippen LogP contribution is -2.09. The number of allylic oxidation sites excluding steroid dienone is 3. The van der Waals surface area contributed by atoms with Crippen molar-refractivity contribution >= 4 is 17.6 Å². The Morgan fingerprint density at radius 1 is 1.32 bits per heavy atom. The average molecular weight is 259 g/mol. The number of anilines is 1. The molecule has 0 aromatic heterocycles. The van der Waals surface area contributed by atoms with Gasteiger partial charge in [0.25, 0.3) is 0 Å². The molecule has 0 unspecified atom stereocenters. The summed E-state index contributed by atoms with van der Waals surface area (Å²) in [4.78, 5) is 22.7. The Hall–Kier alpha value is -2.36. The molecule has 1 aromatic carbocycles. The maximum atomic E-state index is 11.6. The highest BCUT2D eigenvalue weighted by Crippen LogP contribution is 2.11. The zero-order chi connectivity index (χ0) is 14.1. The first-order chi connectivity index (χ1) is 9.15. The quantitative estimate of drug-likeness (QED) is 0.502. The van der Waals surface area contributed by atoms with E-state index in [0.717, 1.165) is 5.56 Å². The fraction of sp³-hybridized carbons (Fsp3) is 0.200. The molecule has 4 nitrogen and oxygen atoms in total. The van der Waals surface area contributed by atoms with Crippen molar-refractivity contribution in [1.29, 1.82) is 0 Å². The molecule has 0 aliphatic rings. The van der Waals surface area contributed by atoms with Crippen LogP contribution < -0.4 is 5.32 Å². The van der Waals surface area contributed by atoms with Crippen LogP contribution >= 0.6 is 0 Å². The highest BCUT2D eigenvalue weighted by molar-refractivity contribution is 5.99. The molecule has 1 N–H and O–H groups in total. The van der Waals surface area contributed by atoms with Crippen molar-refractivity contribution in [3.63, 3.8) is 0 Å². The predicted octanol–water partition coefficient (Wildman–Crippen LogP) is 2.47. The molecule has 0 heterocycles. The molecule has 19 heavy (non-hydrogen) atoms. The number of hydrogen-bond donors (Lipinski definition) is 1. The summed E-state index contributed by atoms with van der Waals surface area (Å²) >= 11 is 0. The van der Waals surface area contributed by atoms with E-state index < -0.39 is 0 Å². The Labute approximate surface area is 112 Å². The van der Waals surface area contributed by atoms with E-state index in [0.29, 0.717) is 5.69 Å². The molecule has 0 fully saturated rings. The van der Waals surface area contributed by atoms with Gasteiger partial charge in [0.2, 0.25) is 5.91 Å². The summed E-state index contributed by atoms with van der Waals surface area (Å²) in [6.45, 7) is 1.87. The Bertz CT molecular complexity index is 504.